The molecule has 0 saturated carbocycles. The van der Waals surface area contributed by atoms with Crippen LogP contribution in [-0.2, 0) is 11.2 Å². The number of carbonyl (C=O) groups is 2. The number of rotatable bonds is 6. The molecule has 0 heterocycles. The van der Waals surface area contributed by atoms with Gasteiger partial charge in [0.05, 0.1) is 23.4 Å². The molecule has 0 fully saturated rings. The summed E-state index contributed by atoms with van der Waals surface area (Å²) in [5.74, 6) is -0.578. The van der Waals surface area contributed by atoms with Crippen molar-refractivity contribution in [3.63, 3.8) is 0 Å². The zero-order valence-corrected chi connectivity index (χ0v) is 13.3. The van der Waals surface area contributed by atoms with E-state index in [0.717, 1.165) is 11.3 Å². The van der Waals surface area contributed by atoms with E-state index >= 15 is 0 Å². The molecular weight excluding hydrogens is 318 g/mol. The first-order chi connectivity index (χ1) is 11.0. The maximum Gasteiger partial charge on any atom is 0.335 e. The first-order valence-electron chi connectivity index (χ1n) is 6.95. The molecule has 2 aromatic rings. The first kappa shape index (κ1) is 16.8. The van der Waals surface area contributed by atoms with Gasteiger partial charge in [0.2, 0.25) is 5.91 Å². The Balaban J connectivity index is 1.99. The highest BCUT2D eigenvalue weighted by atomic mass is 35.5. The Labute approximate surface area is 138 Å². The number of methoxy groups -OCH3 is 1. The minimum Gasteiger partial charge on any atom is -0.497 e. The molecule has 6 heteroatoms. The maximum absolute atomic E-state index is 12.0. The van der Waals surface area contributed by atoms with Gasteiger partial charge in [-0.25, -0.2) is 4.79 Å². The predicted octanol–water partition coefficient (Wildman–Crippen LogP) is 3.62. The highest BCUT2D eigenvalue weighted by Gasteiger charge is 2.10. The third-order valence-electron chi connectivity index (χ3n) is 3.26. The van der Waals surface area contributed by atoms with Crippen molar-refractivity contribution in [1.82, 2.24) is 0 Å². The lowest BCUT2D eigenvalue weighted by Gasteiger charge is -2.09. The van der Waals surface area contributed by atoms with Crippen LogP contribution in [0.15, 0.2) is 42.5 Å². The van der Waals surface area contributed by atoms with Crippen molar-refractivity contribution in [2.24, 2.45) is 0 Å². The summed E-state index contributed by atoms with van der Waals surface area (Å²) in [6.07, 6.45) is 0.792. The highest BCUT2D eigenvalue weighted by molar-refractivity contribution is 6.33. The molecule has 23 heavy (non-hydrogen) atoms. The molecule has 2 rings (SSSR count). The molecule has 0 aromatic heterocycles. The number of benzene rings is 2. The van der Waals surface area contributed by atoms with Gasteiger partial charge in [0.1, 0.15) is 5.75 Å². The Kier molecular flexibility index (Phi) is 5.60. The Morgan fingerprint density at radius 2 is 2.00 bits per heavy atom. The van der Waals surface area contributed by atoms with Crippen LogP contribution < -0.4 is 10.1 Å². The number of nitrogens with one attached hydrogen (secondary N) is 1. The molecule has 0 spiro atoms. The molecule has 0 radical (unpaired) electrons. The Hall–Kier alpha value is -2.53. The smallest absolute Gasteiger partial charge is 0.335 e. The minimum atomic E-state index is -1.08. The van der Waals surface area contributed by atoms with Gasteiger partial charge in [-0.05, 0) is 42.3 Å². The molecule has 0 bridgehead atoms. The van der Waals surface area contributed by atoms with Crippen molar-refractivity contribution in [2.75, 3.05) is 12.4 Å². The van der Waals surface area contributed by atoms with Gasteiger partial charge >= 0.3 is 5.97 Å². The number of aromatic carboxylic acids is 1. The molecule has 1 amide bonds. The van der Waals surface area contributed by atoms with E-state index in [1.54, 1.807) is 7.11 Å². The molecule has 2 N–H and O–H groups in total. The number of ether oxygens (including phenoxy) is 1. The minimum absolute atomic E-state index is 0.0671. The number of hydrogen-bond donors (Lipinski definition) is 2. The number of carbonyl (C=O) groups excluding carboxylic acids is 1. The zero-order valence-electron chi connectivity index (χ0n) is 12.5. The van der Waals surface area contributed by atoms with Gasteiger partial charge in [0.25, 0.3) is 0 Å². The van der Waals surface area contributed by atoms with Gasteiger partial charge < -0.3 is 15.2 Å². The normalized spacial score (nSPS) is 10.2. The van der Waals surface area contributed by atoms with Crippen LogP contribution in [0.5, 0.6) is 5.75 Å². The number of carboxylic acids is 1. The second-order valence-corrected chi connectivity index (χ2v) is 5.31. The molecule has 0 unspecified atom stereocenters. The van der Waals surface area contributed by atoms with Crippen LogP contribution >= 0.6 is 11.6 Å². The van der Waals surface area contributed by atoms with Crippen LogP contribution in [0.2, 0.25) is 5.02 Å². The molecule has 0 aliphatic carbocycles. The van der Waals surface area contributed by atoms with Gasteiger partial charge in [0, 0.05) is 6.42 Å². The number of amides is 1. The molecule has 5 nitrogen and oxygen atoms in total. The quantitative estimate of drug-likeness (QED) is 0.846. The molecule has 0 aliphatic heterocycles. The maximum atomic E-state index is 12.0. The van der Waals surface area contributed by atoms with Gasteiger partial charge in [-0.2, -0.15) is 0 Å². The van der Waals surface area contributed by atoms with E-state index in [4.69, 9.17) is 21.4 Å². The number of carboxylic acid groups (broad SMARTS) is 1. The fourth-order valence-corrected chi connectivity index (χ4v) is 2.22. The third-order valence-corrected chi connectivity index (χ3v) is 3.59. The summed E-state index contributed by atoms with van der Waals surface area (Å²) in [5, 5.41) is 11.9. The largest absolute Gasteiger partial charge is 0.497 e. The summed E-state index contributed by atoms with van der Waals surface area (Å²) in [6, 6.07) is 11.6. The lowest BCUT2D eigenvalue weighted by atomic mass is 10.1. The van der Waals surface area contributed by atoms with Gasteiger partial charge in [-0.15, -0.1) is 0 Å². The summed E-state index contributed by atoms with van der Waals surface area (Å²) in [5.41, 5.74) is 1.34. The highest BCUT2D eigenvalue weighted by Crippen LogP contribution is 2.23. The van der Waals surface area contributed by atoms with Crippen molar-refractivity contribution in [3.05, 3.63) is 58.6 Å². The Morgan fingerprint density at radius 1 is 1.22 bits per heavy atom. The van der Waals surface area contributed by atoms with Gasteiger partial charge in [-0.3, -0.25) is 4.79 Å². The fraction of sp³-hybridized carbons (Fsp3) is 0.176. The summed E-state index contributed by atoms with van der Waals surface area (Å²) in [7, 11) is 1.59. The molecule has 2 aromatic carbocycles. The number of anilines is 1. The van der Waals surface area contributed by atoms with E-state index in [1.165, 1.54) is 18.2 Å². The van der Waals surface area contributed by atoms with Crippen molar-refractivity contribution < 1.29 is 19.4 Å². The lowest BCUT2D eigenvalue weighted by molar-refractivity contribution is -0.116. The second kappa shape index (κ2) is 7.65. The Morgan fingerprint density at radius 3 is 2.70 bits per heavy atom. The average Bonchev–Trinajstić information content (AvgIpc) is 2.55. The number of aryl methyl sites for hydroxylation is 1. The first-order valence-corrected chi connectivity index (χ1v) is 7.33. The van der Waals surface area contributed by atoms with Crippen LogP contribution in [0.4, 0.5) is 5.69 Å². The SMILES string of the molecule is COc1cccc(CCC(=O)Nc2cc(C(=O)O)ccc2Cl)c1. The second-order valence-electron chi connectivity index (χ2n) is 4.90. The monoisotopic (exact) mass is 333 g/mol. The van der Waals surface area contributed by atoms with E-state index < -0.39 is 5.97 Å². The molecular formula is C17H16ClNO4. The van der Waals surface area contributed by atoms with E-state index in [2.05, 4.69) is 5.32 Å². The summed E-state index contributed by atoms with van der Waals surface area (Å²) in [4.78, 5) is 23.0. The van der Waals surface area contributed by atoms with Crippen molar-refractivity contribution in [1.29, 1.82) is 0 Å². The van der Waals surface area contributed by atoms with E-state index in [1.807, 2.05) is 24.3 Å². The molecule has 0 saturated heterocycles. The van der Waals surface area contributed by atoms with Crippen molar-refractivity contribution >= 4 is 29.2 Å². The Bertz CT molecular complexity index is 730. The van der Waals surface area contributed by atoms with E-state index in [0.29, 0.717) is 17.1 Å². The molecule has 120 valence electrons. The fourth-order valence-electron chi connectivity index (χ4n) is 2.05. The van der Waals surface area contributed by atoms with Crippen molar-refractivity contribution in [3.8, 4) is 5.75 Å². The average molecular weight is 334 g/mol. The van der Waals surface area contributed by atoms with Crippen LogP contribution in [0, 0.1) is 0 Å². The lowest BCUT2D eigenvalue weighted by Crippen LogP contribution is -2.13. The molecule has 0 atom stereocenters. The zero-order chi connectivity index (χ0) is 16.8. The third kappa shape index (κ3) is 4.72. The van der Waals surface area contributed by atoms with Crippen LogP contribution in [0.1, 0.15) is 22.3 Å². The summed E-state index contributed by atoms with van der Waals surface area (Å²) < 4.78 is 5.14. The van der Waals surface area contributed by atoms with Gasteiger partial charge in [-0.1, -0.05) is 23.7 Å². The standard InChI is InChI=1S/C17H16ClNO4/c1-23-13-4-2-3-11(9-13)5-8-16(20)19-15-10-12(17(21)22)6-7-14(15)18/h2-4,6-7,9-10H,5,8H2,1H3,(H,19,20)(H,21,22). The van der Waals surface area contributed by atoms with Crippen LogP contribution in [-0.4, -0.2) is 24.1 Å². The number of halogens is 1. The number of hydrogen-bond acceptors (Lipinski definition) is 3. The van der Waals surface area contributed by atoms with E-state index in [9.17, 15) is 9.59 Å². The van der Waals surface area contributed by atoms with Crippen molar-refractivity contribution in [2.45, 2.75) is 12.8 Å². The predicted molar refractivity (Wildman–Crippen MR) is 88.4 cm³/mol. The van der Waals surface area contributed by atoms with Crippen LogP contribution in [0.25, 0.3) is 0 Å². The summed E-state index contributed by atoms with van der Waals surface area (Å²) >= 11 is 5.98. The molecule has 0 aliphatic rings. The topological polar surface area (TPSA) is 75.6 Å². The van der Waals surface area contributed by atoms with Crippen LogP contribution in [0.3, 0.4) is 0 Å². The van der Waals surface area contributed by atoms with Gasteiger partial charge in [0.15, 0.2) is 0 Å². The van der Waals surface area contributed by atoms with E-state index in [-0.39, 0.29) is 17.9 Å². The summed E-state index contributed by atoms with van der Waals surface area (Å²) in [6.45, 7) is 0.